The van der Waals surface area contributed by atoms with Gasteiger partial charge < -0.3 is 24.3 Å². The monoisotopic (exact) mass is 492 g/mol. The summed E-state index contributed by atoms with van der Waals surface area (Å²) in [6.45, 7) is 5.37. The van der Waals surface area contributed by atoms with Crippen molar-refractivity contribution in [3.8, 4) is 28.7 Å². The molecule has 0 bridgehead atoms. The molecule has 3 rings (SSSR count). The Hall–Kier alpha value is -3.71. The van der Waals surface area contributed by atoms with Gasteiger partial charge in [0.25, 0.3) is 0 Å². The van der Waals surface area contributed by atoms with Gasteiger partial charge in [-0.05, 0) is 60.5 Å². The standard InChI is InChI=1S/C29H36N2O5/c1-5-31(17-9-16-30-29(32)20-22-14-15-26(34-3)28(19-22)35-4)21-23-10-8-11-24(18-23)36-27-13-7-6-12-25(27)33-2/h6-8,10-15,18-19H,5,9,16-17,20-21H2,1-4H3,(H,30,32). The summed E-state index contributed by atoms with van der Waals surface area (Å²) in [6, 6.07) is 21.2. The minimum Gasteiger partial charge on any atom is -0.493 e. The van der Waals surface area contributed by atoms with Crippen LogP contribution >= 0.6 is 0 Å². The average molecular weight is 493 g/mol. The van der Waals surface area contributed by atoms with E-state index in [9.17, 15) is 4.79 Å². The Morgan fingerprint density at radius 1 is 0.806 bits per heavy atom. The summed E-state index contributed by atoms with van der Waals surface area (Å²) < 4.78 is 22.0. The molecule has 1 N–H and O–H groups in total. The van der Waals surface area contributed by atoms with Gasteiger partial charge >= 0.3 is 0 Å². The van der Waals surface area contributed by atoms with Gasteiger partial charge in [0.1, 0.15) is 5.75 Å². The Morgan fingerprint density at radius 3 is 2.25 bits per heavy atom. The molecule has 0 aliphatic carbocycles. The normalized spacial score (nSPS) is 10.7. The summed E-state index contributed by atoms with van der Waals surface area (Å²) in [6.07, 6.45) is 1.17. The highest BCUT2D eigenvalue weighted by Crippen LogP contribution is 2.31. The molecule has 3 aromatic carbocycles. The average Bonchev–Trinajstić information content (AvgIpc) is 2.90. The number of benzene rings is 3. The second kappa shape index (κ2) is 14.0. The van der Waals surface area contributed by atoms with Crippen LogP contribution < -0.4 is 24.3 Å². The number of hydrogen-bond donors (Lipinski definition) is 1. The zero-order valence-corrected chi connectivity index (χ0v) is 21.6. The molecule has 0 aromatic heterocycles. The third-order valence-electron chi connectivity index (χ3n) is 5.83. The summed E-state index contributed by atoms with van der Waals surface area (Å²) in [5.74, 6) is 3.43. The van der Waals surface area contributed by atoms with E-state index >= 15 is 0 Å². The minimum absolute atomic E-state index is 0.00791. The first kappa shape index (κ1) is 26.9. The van der Waals surface area contributed by atoms with Crippen LogP contribution in [-0.4, -0.2) is 51.8 Å². The highest BCUT2D eigenvalue weighted by Gasteiger charge is 2.10. The van der Waals surface area contributed by atoms with Crippen LogP contribution in [0.2, 0.25) is 0 Å². The van der Waals surface area contributed by atoms with E-state index in [1.807, 2.05) is 54.6 Å². The van der Waals surface area contributed by atoms with Gasteiger partial charge in [-0.25, -0.2) is 0 Å². The van der Waals surface area contributed by atoms with Crippen molar-refractivity contribution in [1.29, 1.82) is 0 Å². The zero-order valence-electron chi connectivity index (χ0n) is 21.6. The van der Waals surface area contributed by atoms with E-state index in [-0.39, 0.29) is 5.91 Å². The van der Waals surface area contributed by atoms with Gasteiger partial charge in [0.2, 0.25) is 5.91 Å². The molecule has 0 aliphatic heterocycles. The third-order valence-corrected chi connectivity index (χ3v) is 5.83. The summed E-state index contributed by atoms with van der Waals surface area (Å²) >= 11 is 0. The molecule has 0 saturated carbocycles. The second-order valence-electron chi connectivity index (χ2n) is 8.34. The number of nitrogens with one attached hydrogen (secondary N) is 1. The van der Waals surface area contributed by atoms with Crippen LogP contribution in [0.25, 0.3) is 0 Å². The van der Waals surface area contributed by atoms with Crippen LogP contribution in [0.4, 0.5) is 0 Å². The quantitative estimate of drug-likeness (QED) is 0.317. The van der Waals surface area contributed by atoms with E-state index in [2.05, 4.69) is 29.3 Å². The van der Waals surface area contributed by atoms with Crippen molar-refractivity contribution >= 4 is 5.91 Å². The molecule has 0 unspecified atom stereocenters. The fourth-order valence-electron chi connectivity index (χ4n) is 3.91. The van der Waals surface area contributed by atoms with Crippen LogP contribution in [-0.2, 0) is 17.8 Å². The smallest absolute Gasteiger partial charge is 0.224 e. The topological polar surface area (TPSA) is 69.3 Å². The zero-order chi connectivity index (χ0) is 25.8. The summed E-state index contributed by atoms with van der Waals surface area (Å²) in [4.78, 5) is 14.7. The third kappa shape index (κ3) is 7.92. The van der Waals surface area contributed by atoms with Crippen molar-refractivity contribution in [2.75, 3.05) is 41.0 Å². The van der Waals surface area contributed by atoms with E-state index in [0.29, 0.717) is 36.0 Å². The fraction of sp³-hybridized carbons (Fsp3) is 0.345. The number of hydrogen-bond acceptors (Lipinski definition) is 6. The van der Waals surface area contributed by atoms with E-state index in [4.69, 9.17) is 18.9 Å². The lowest BCUT2D eigenvalue weighted by molar-refractivity contribution is -0.120. The van der Waals surface area contributed by atoms with Gasteiger partial charge in [-0.2, -0.15) is 0 Å². The molecule has 0 saturated heterocycles. The van der Waals surface area contributed by atoms with Crippen molar-refractivity contribution in [2.24, 2.45) is 0 Å². The van der Waals surface area contributed by atoms with Crippen LogP contribution in [0, 0.1) is 0 Å². The molecule has 0 aliphatic rings. The second-order valence-corrected chi connectivity index (χ2v) is 8.34. The van der Waals surface area contributed by atoms with Crippen molar-refractivity contribution in [2.45, 2.75) is 26.3 Å². The van der Waals surface area contributed by atoms with Gasteiger partial charge in [0.05, 0.1) is 27.8 Å². The SMILES string of the molecule is CCN(CCCNC(=O)Cc1ccc(OC)c(OC)c1)Cc1cccc(Oc2ccccc2OC)c1. The largest absolute Gasteiger partial charge is 0.493 e. The maximum absolute atomic E-state index is 12.4. The predicted octanol–water partition coefficient (Wildman–Crippen LogP) is 5.08. The Labute approximate surface area is 213 Å². The van der Waals surface area contributed by atoms with E-state index in [1.165, 1.54) is 5.56 Å². The molecule has 0 fully saturated rings. The van der Waals surface area contributed by atoms with Gasteiger partial charge in [0, 0.05) is 19.6 Å². The van der Waals surface area contributed by atoms with E-state index in [0.717, 1.165) is 37.4 Å². The Balaban J connectivity index is 1.45. The Kier molecular flexibility index (Phi) is 10.5. The van der Waals surface area contributed by atoms with Crippen LogP contribution in [0.5, 0.6) is 28.7 Å². The number of nitrogens with zero attached hydrogens (tertiary/aromatic N) is 1. The van der Waals surface area contributed by atoms with Crippen molar-refractivity contribution < 1.29 is 23.7 Å². The number of ether oxygens (including phenoxy) is 4. The molecular weight excluding hydrogens is 456 g/mol. The number of para-hydroxylation sites is 2. The molecule has 36 heavy (non-hydrogen) atoms. The Bertz CT molecular complexity index is 1120. The molecule has 0 atom stereocenters. The lowest BCUT2D eigenvalue weighted by Crippen LogP contribution is -2.30. The minimum atomic E-state index is -0.00791. The van der Waals surface area contributed by atoms with Crippen LogP contribution in [0.3, 0.4) is 0 Å². The van der Waals surface area contributed by atoms with Gasteiger partial charge in [-0.3, -0.25) is 9.69 Å². The first-order valence-corrected chi connectivity index (χ1v) is 12.2. The number of rotatable bonds is 14. The number of carbonyl (C=O) groups is 1. The molecular formula is C29H36N2O5. The van der Waals surface area contributed by atoms with Crippen LogP contribution in [0.15, 0.2) is 66.7 Å². The molecule has 0 radical (unpaired) electrons. The summed E-state index contributed by atoms with van der Waals surface area (Å²) in [5, 5.41) is 3.02. The lowest BCUT2D eigenvalue weighted by Gasteiger charge is -2.21. The van der Waals surface area contributed by atoms with E-state index < -0.39 is 0 Å². The molecule has 192 valence electrons. The molecule has 7 heteroatoms. The summed E-state index contributed by atoms with van der Waals surface area (Å²) in [7, 11) is 4.82. The van der Waals surface area contributed by atoms with Gasteiger partial charge in [0.15, 0.2) is 23.0 Å². The molecule has 0 spiro atoms. The number of carbonyl (C=O) groups excluding carboxylic acids is 1. The number of amides is 1. The first-order valence-electron chi connectivity index (χ1n) is 12.2. The van der Waals surface area contributed by atoms with Gasteiger partial charge in [-0.15, -0.1) is 0 Å². The highest BCUT2D eigenvalue weighted by molar-refractivity contribution is 5.78. The molecule has 7 nitrogen and oxygen atoms in total. The first-order chi connectivity index (χ1) is 17.6. The maximum atomic E-state index is 12.4. The van der Waals surface area contributed by atoms with Crippen molar-refractivity contribution in [3.63, 3.8) is 0 Å². The molecule has 1 amide bonds. The van der Waals surface area contributed by atoms with Gasteiger partial charge in [-0.1, -0.05) is 37.3 Å². The van der Waals surface area contributed by atoms with Crippen molar-refractivity contribution in [1.82, 2.24) is 10.2 Å². The fourth-order valence-corrected chi connectivity index (χ4v) is 3.91. The molecule has 3 aromatic rings. The van der Waals surface area contributed by atoms with Crippen LogP contribution in [0.1, 0.15) is 24.5 Å². The number of methoxy groups -OCH3 is 3. The molecule has 0 heterocycles. The van der Waals surface area contributed by atoms with Crippen molar-refractivity contribution in [3.05, 3.63) is 77.9 Å². The van der Waals surface area contributed by atoms with E-state index in [1.54, 1.807) is 21.3 Å². The summed E-state index contributed by atoms with van der Waals surface area (Å²) in [5.41, 5.74) is 2.05. The Morgan fingerprint density at radius 2 is 1.53 bits per heavy atom. The lowest BCUT2D eigenvalue weighted by atomic mass is 10.1. The highest BCUT2D eigenvalue weighted by atomic mass is 16.5. The maximum Gasteiger partial charge on any atom is 0.224 e. The predicted molar refractivity (Wildman–Crippen MR) is 141 cm³/mol.